The van der Waals surface area contributed by atoms with Crippen LogP contribution in [-0.2, 0) is 13.0 Å². The summed E-state index contributed by atoms with van der Waals surface area (Å²) in [6.07, 6.45) is 3.79. The number of aryl methyl sites for hydroxylation is 1. The maximum atomic E-state index is 8.86. The fourth-order valence-electron chi connectivity index (χ4n) is 1.48. The van der Waals surface area contributed by atoms with Gasteiger partial charge >= 0.3 is 0 Å². The number of rotatable bonds is 4. The fraction of sp³-hybridized carbons (Fsp3) is 0.231. The molecule has 18 heavy (non-hydrogen) atoms. The molecular weight excluding hydrogens is 252 g/mol. The second-order valence-electron chi connectivity index (χ2n) is 3.71. The minimum absolute atomic E-state index is 0.131. The van der Waals surface area contributed by atoms with Crippen molar-refractivity contribution in [3.8, 4) is 11.6 Å². The Balaban J connectivity index is 2.17. The molecule has 0 aliphatic rings. The van der Waals surface area contributed by atoms with Gasteiger partial charge in [0.15, 0.2) is 0 Å². The molecule has 0 atom stereocenters. The number of benzene rings is 1. The van der Waals surface area contributed by atoms with Crippen LogP contribution in [0.1, 0.15) is 18.2 Å². The lowest BCUT2D eigenvalue weighted by Gasteiger charge is -2.07. The maximum absolute atomic E-state index is 8.86. The van der Waals surface area contributed by atoms with E-state index in [1.165, 1.54) is 12.4 Å². The van der Waals surface area contributed by atoms with Gasteiger partial charge in [-0.15, -0.1) is 0 Å². The molecule has 0 aliphatic heterocycles. The van der Waals surface area contributed by atoms with E-state index in [9.17, 15) is 0 Å². The molecule has 0 amide bonds. The number of aliphatic hydroxyl groups excluding tert-OH is 1. The van der Waals surface area contributed by atoms with Crippen LogP contribution in [0.5, 0.6) is 11.6 Å². The smallest absolute Gasteiger partial charge is 0.237 e. The molecular formula is C13H13ClN2O2. The Bertz CT molecular complexity index is 529. The average molecular weight is 265 g/mol. The van der Waals surface area contributed by atoms with Crippen molar-refractivity contribution in [2.75, 3.05) is 0 Å². The number of halogens is 1. The van der Waals surface area contributed by atoms with Crippen molar-refractivity contribution in [1.82, 2.24) is 9.97 Å². The third-order valence-electron chi connectivity index (χ3n) is 2.46. The lowest BCUT2D eigenvalue weighted by atomic mass is 10.1. The second-order valence-corrected chi connectivity index (χ2v) is 4.12. The first kappa shape index (κ1) is 12.8. The first-order valence-corrected chi connectivity index (χ1v) is 5.98. The van der Waals surface area contributed by atoms with Gasteiger partial charge in [-0.2, -0.15) is 0 Å². The van der Waals surface area contributed by atoms with Crippen LogP contribution in [0.25, 0.3) is 0 Å². The van der Waals surface area contributed by atoms with Crippen molar-refractivity contribution in [3.05, 3.63) is 46.9 Å². The van der Waals surface area contributed by atoms with E-state index in [1.807, 2.05) is 13.0 Å². The molecule has 0 unspecified atom stereocenters. The normalized spacial score (nSPS) is 10.4. The molecule has 0 bridgehead atoms. The van der Waals surface area contributed by atoms with E-state index in [1.54, 1.807) is 12.1 Å². The van der Waals surface area contributed by atoms with Gasteiger partial charge in [0.25, 0.3) is 0 Å². The van der Waals surface area contributed by atoms with Crippen LogP contribution in [0.15, 0.2) is 30.6 Å². The van der Waals surface area contributed by atoms with E-state index in [0.717, 1.165) is 17.0 Å². The molecule has 1 N–H and O–H groups in total. The molecule has 2 aromatic rings. The Hall–Kier alpha value is -1.65. The number of hydrogen-bond donors (Lipinski definition) is 1. The molecule has 0 radical (unpaired) electrons. The molecule has 5 heteroatoms. The van der Waals surface area contributed by atoms with Crippen LogP contribution in [0.2, 0.25) is 5.02 Å². The molecule has 0 spiro atoms. The summed E-state index contributed by atoms with van der Waals surface area (Å²) in [4.78, 5) is 8.03. The summed E-state index contributed by atoms with van der Waals surface area (Å²) < 4.78 is 5.56. The summed E-state index contributed by atoms with van der Waals surface area (Å²) in [7, 11) is 0. The van der Waals surface area contributed by atoms with Crippen LogP contribution in [0.4, 0.5) is 0 Å². The monoisotopic (exact) mass is 264 g/mol. The highest BCUT2D eigenvalue weighted by molar-refractivity contribution is 6.31. The Labute approximate surface area is 110 Å². The van der Waals surface area contributed by atoms with Crippen LogP contribution in [-0.4, -0.2) is 15.1 Å². The molecule has 4 nitrogen and oxygen atoms in total. The number of hydrogen-bond acceptors (Lipinski definition) is 4. The van der Waals surface area contributed by atoms with Gasteiger partial charge in [-0.05, 0) is 30.2 Å². The average Bonchev–Trinajstić information content (AvgIpc) is 2.42. The van der Waals surface area contributed by atoms with Crippen molar-refractivity contribution in [2.45, 2.75) is 20.0 Å². The summed E-state index contributed by atoms with van der Waals surface area (Å²) >= 11 is 6.03. The minimum Gasteiger partial charge on any atom is -0.437 e. The summed E-state index contributed by atoms with van der Waals surface area (Å²) in [6, 6.07) is 5.46. The van der Waals surface area contributed by atoms with Gasteiger partial charge in [-0.3, -0.25) is 4.98 Å². The van der Waals surface area contributed by atoms with Crippen molar-refractivity contribution < 1.29 is 9.84 Å². The van der Waals surface area contributed by atoms with Gasteiger partial charge in [-0.1, -0.05) is 18.5 Å². The highest BCUT2D eigenvalue weighted by atomic mass is 35.5. The number of nitrogens with zero attached hydrogens (tertiary/aromatic N) is 2. The number of aromatic nitrogens is 2. The van der Waals surface area contributed by atoms with E-state index in [4.69, 9.17) is 21.4 Å². The predicted octanol–water partition coefficient (Wildman–Crippen LogP) is 2.98. The van der Waals surface area contributed by atoms with Gasteiger partial charge in [0.2, 0.25) is 5.88 Å². The maximum Gasteiger partial charge on any atom is 0.237 e. The van der Waals surface area contributed by atoms with Crippen LogP contribution in [0.3, 0.4) is 0 Å². The highest BCUT2D eigenvalue weighted by Crippen LogP contribution is 2.25. The van der Waals surface area contributed by atoms with E-state index < -0.39 is 0 Å². The van der Waals surface area contributed by atoms with Gasteiger partial charge in [0.1, 0.15) is 5.75 Å². The molecule has 0 saturated carbocycles. The van der Waals surface area contributed by atoms with E-state index in [-0.39, 0.29) is 6.61 Å². The lowest BCUT2D eigenvalue weighted by Crippen LogP contribution is -1.94. The van der Waals surface area contributed by atoms with Crippen molar-refractivity contribution in [3.63, 3.8) is 0 Å². The van der Waals surface area contributed by atoms with E-state index in [2.05, 4.69) is 9.97 Å². The Morgan fingerprint density at radius 3 is 2.72 bits per heavy atom. The topological polar surface area (TPSA) is 55.2 Å². The van der Waals surface area contributed by atoms with Crippen molar-refractivity contribution in [1.29, 1.82) is 0 Å². The standard InChI is InChI=1S/C13H13ClN2O2/c1-2-9-5-11(3-4-12(9)14)18-13-7-15-10(8-17)6-16-13/h3-7,17H,2,8H2,1H3. The molecule has 1 aromatic carbocycles. The number of aliphatic hydroxyl groups is 1. The van der Waals surface area contributed by atoms with E-state index >= 15 is 0 Å². The van der Waals surface area contributed by atoms with Crippen molar-refractivity contribution >= 4 is 11.6 Å². The van der Waals surface area contributed by atoms with Gasteiger partial charge in [0.05, 0.1) is 24.7 Å². The zero-order chi connectivity index (χ0) is 13.0. The summed E-state index contributed by atoms with van der Waals surface area (Å²) in [5.74, 6) is 1.05. The fourth-order valence-corrected chi connectivity index (χ4v) is 1.73. The number of ether oxygens (including phenoxy) is 1. The Kier molecular flexibility index (Phi) is 4.12. The Morgan fingerprint density at radius 2 is 2.11 bits per heavy atom. The van der Waals surface area contributed by atoms with Crippen molar-refractivity contribution in [2.24, 2.45) is 0 Å². The first-order valence-electron chi connectivity index (χ1n) is 5.61. The molecule has 1 aromatic heterocycles. The van der Waals surface area contributed by atoms with E-state index in [0.29, 0.717) is 17.3 Å². The lowest BCUT2D eigenvalue weighted by molar-refractivity contribution is 0.276. The van der Waals surface area contributed by atoms with Crippen LogP contribution in [0, 0.1) is 0 Å². The molecule has 2 rings (SSSR count). The molecule has 0 fully saturated rings. The third-order valence-corrected chi connectivity index (χ3v) is 2.83. The zero-order valence-electron chi connectivity index (χ0n) is 9.93. The molecule has 1 heterocycles. The van der Waals surface area contributed by atoms with Gasteiger partial charge < -0.3 is 9.84 Å². The molecule has 94 valence electrons. The summed E-state index contributed by atoms with van der Waals surface area (Å²) in [5, 5.41) is 9.59. The predicted molar refractivity (Wildman–Crippen MR) is 68.9 cm³/mol. The quantitative estimate of drug-likeness (QED) is 0.922. The summed E-state index contributed by atoms with van der Waals surface area (Å²) in [5.41, 5.74) is 1.53. The van der Waals surface area contributed by atoms with Gasteiger partial charge in [0, 0.05) is 5.02 Å². The zero-order valence-corrected chi connectivity index (χ0v) is 10.7. The van der Waals surface area contributed by atoms with Crippen LogP contribution >= 0.6 is 11.6 Å². The highest BCUT2D eigenvalue weighted by Gasteiger charge is 2.03. The summed E-state index contributed by atoms with van der Waals surface area (Å²) in [6.45, 7) is 1.90. The molecule has 0 aliphatic carbocycles. The third kappa shape index (κ3) is 2.97. The molecule has 0 saturated heterocycles. The minimum atomic E-state index is -0.131. The Morgan fingerprint density at radius 1 is 1.28 bits per heavy atom. The largest absolute Gasteiger partial charge is 0.437 e. The SMILES string of the molecule is CCc1cc(Oc2cnc(CO)cn2)ccc1Cl. The van der Waals surface area contributed by atoms with Gasteiger partial charge in [-0.25, -0.2) is 4.98 Å². The first-order chi connectivity index (χ1) is 8.72. The van der Waals surface area contributed by atoms with Crippen LogP contribution < -0.4 is 4.74 Å². The second kappa shape index (κ2) is 5.80.